The van der Waals surface area contributed by atoms with Crippen molar-refractivity contribution in [2.75, 3.05) is 13.1 Å². The molecule has 2 rings (SSSR count). The summed E-state index contributed by atoms with van der Waals surface area (Å²) in [6.45, 7) is 0.868. The van der Waals surface area contributed by atoms with Crippen LogP contribution in [0.4, 0.5) is 4.39 Å². The molecule has 94 valence electrons. The highest BCUT2D eigenvalue weighted by atomic mass is 19.1. The Kier molecular flexibility index (Phi) is 3.85. The molecule has 4 nitrogen and oxygen atoms in total. The van der Waals surface area contributed by atoms with Gasteiger partial charge in [0.1, 0.15) is 5.82 Å². The Morgan fingerprint density at radius 1 is 1.44 bits per heavy atom. The third-order valence-electron chi connectivity index (χ3n) is 3.04. The molecule has 0 aromatic heterocycles. The second-order valence-electron chi connectivity index (χ2n) is 4.26. The van der Waals surface area contributed by atoms with Crippen molar-refractivity contribution in [3.05, 3.63) is 35.6 Å². The minimum atomic E-state index is -0.296. The van der Waals surface area contributed by atoms with Crippen molar-refractivity contribution in [2.24, 2.45) is 4.99 Å². The number of likely N-dealkylation sites (tertiary alicyclic amines) is 1. The Balaban J connectivity index is 1.93. The average molecular weight is 248 g/mol. The van der Waals surface area contributed by atoms with Crippen LogP contribution in [0.5, 0.6) is 0 Å². The van der Waals surface area contributed by atoms with E-state index in [0.717, 1.165) is 0 Å². The standard InChI is InChI=1S/C13H13FN2O2/c14-12-4-2-1-3-10(12)5-6-16-8-11(15-9-17)7-13(16)18/h1-4,11H,5-8H2. The Morgan fingerprint density at radius 2 is 2.22 bits per heavy atom. The average Bonchev–Trinajstić information content (AvgIpc) is 2.69. The summed E-state index contributed by atoms with van der Waals surface area (Å²) in [7, 11) is 0. The first-order valence-electron chi connectivity index (χ1n) is 5.79. The summed E-state index contributed by atoms with van der Waals surface area (Å²) in [4.78, 5) is 26.9. The quantitative estimate of drug-likeness (QED) is 0.595. The Morgan fingerprint density at radius 3 is 2.94 bits per heavy atom. The molecule has 1 aromatic rings. The monoisotopic (exact) mass is 248 g/mol. The van der Waals surface area contributed by atoms with E-state index in [2.05, 4.69) is 4.99 Å². The molecule has 1 fully saturated rings. The van der Waals surface area contributed by atoms with Crippen molar-refractivity contribution >= 4 is 12.0 Å². The Bertz CT molecular complexity index is 498. The van der Waals surface area contributed by atoms with Crippen molar-refractivity contribution in [3.63, 3.8) is 0 Å². The number of rotatable bonds is 4. The molecule has 0 saturated carbocycles. The topological polar surface area (TPSA) is 49.7 Å². The highest BCUT2D eigenvalue weighted by Gasteiger charge is 2.28. The van der Waals surface area contributed by atoms with Crippen LogP contribution in [0.3, 0.4) is 0 Å². The Hall–Kier alpha value is -2.00. The minimum absolute atomic E-state index is 0.0460. The zero-order valence-corrected chi connectivity index (χ0v) is 9.80. The maximum Gasteiger partial charge on any atom is 0.235 e. The summed E-state index contributed by atoms with van der Waals surface area (Å²) < 4.78 is 13.4. The van der Waals surface area contributed by atoms with Crippen LogP contribution in [0, 0.1) is 5.82 Å². The fourth-order valence-corrected chi connectivity index (χ4v) is 2.08. The first-order chi connectivity index (χ1) is 8.70. The van der Waals surface area contributed by atoms with Gasteiger partial charge >= 0.3 is 0 Å². The molecule has 1 amide bonds. The molecular formula is C13H13FN2O2. The second-order valence-corrected chi connectivity index (χ2v) is 4.26. The van der Waals surface area contributed by atoms with E-state index < -0.39 is 0 Å². The van der Waals surface area contributed by atoms with E-state index in [4.69, 9.17) is 0 Å². The molecule has 1 atom stereocenters. The predicted molar refractivity (Wildman–Crippen MR) is 63.2 cm³/mol. The number of aliphatic imine (C=N–C) groups is 1. The normalized spacial score (nSPS) is 18.8. The van der Waals surface area contributed by atoms with Crippen molar-refractivity contribution < 1.29 is 14.0 Å². The number of isocyanates is 1. The van der Waals surface area contributed by atoms with E-state index in [0.29, 0.717) is 25.1 Å². The van der Waals surface area contributed by atoms with E-state index in [1.165, 1.54) is 12.1 Å². The molecule has 1 saturated heterocycles. The highest BCUT2D eigenvalue weighted by Crippen LogP contribution is 2.15. The van der Waals surface area contributed by atoms with E-state index in [-0.39, 0.29) is 24.2 Å². The fraction of sp³-hybridized carbons (Fsp3) is 0.385. The van der Waals surface area contributed by atoms with Crippen LogP contribution >= 0.6 is 0 Å². The van der Waals surface area contributed by atoms with Gasteiger partial charge in [-0.1, -0.05) is 18.2 Å². The Labute approximate surface area is 104 Å². The van der Waals surface area contributed by atoms with Crippen molar-refractivity contribution in [1.29, 1.82) is 0 Å². The fourth-order valence-electron chi connectivity index (χ4n) is 2.08. The lowest BCUT2D eigenvalue weighted by atomic mass is 10.1. The lowest BCUT2D eigenvalue weighted by Gasteiger charge is -2.15. The molecule has 1 heterocycles. The van der Waals surface area contributed by atoms with Crippen LogP contribution in [0.1, 0.15) is 12.0 Å². The number of benzene rings is 1. The van der Waals surface area contributed by atoms with Crippen molar-refractivity contribution in [1.82, 2.24) is 4.90 Å². The van der Waals surface area contributed by atoms with Gasteiger partial charge in [0.2, 0.25) is 12.0 Å². The zero-order chi connectivity index (χ0) is 13.0. The molecule has 0 radical (unpaired) electrons. The first kappa shape index (κ1) is 12.5. The summed E-state index contributed by atoms with van der Waals surface area (Å²) >= 11 is 0. The van der Waals surface area contributed by atoms with Gasteiger partial charge in [-0.3, -0.25) is 4.79 Å². The number of hydrogen-bond acceptors (Lipinski definition) is 3. The van der Waals surface area contributed by atoms with Gasteiger partial charge in [0.05, 0.1) is 12.5 Å². The van der Waals surface area contributed by atoms with Crippen LogP contribution in [0.15, 0.2) is 29.3 Å². The van der Waals surface area contributed by atoms with Gasteiger partial charge < -0.3 is 4.90 Å². The van der Waals surface area contributed by atoms with Crippen LogP contribution in [0.2, 0.25) is 0 Å². The molecular weight excluding hydrogens is 235 g/mol. The molecule has 0 bridgehead atoms. The van der Waals surface area contributed by atoms with E-state index in [9.17, 15) is 14.0 Å². The van der Waals surface area contributed by atoms with Gasteiger partial charge in [-0.05, 0) is 18.1 Å². The van der Waals surface area contributed by atoms with E-state index >= 15 is 0 Å². The minimum Gasteiger partial charge on any atom is -0.340 e. The van der Waals surface area contributed by atoms with Crippen LogP contribution < -0.4 is 0 Å². The summed E-state index contributed by atoms with van der Waals surface area (Å²) in [5.74, 6) is -0.304. The lowest BCUT2D eigenvalue weighted by molar-refractivity contribution is -0.127. The third kappa shape index (κ3) is 2.81. The van der Waals surface area contributed by atoms with Crippen molar-refractivity contribution in [3.8, 4) is 0 Å². The predicted octanol–water partition coefficient (Wildman–Crippen LogP) is 1.30. The summed E-state index contributed by atoms with van der Waals surface area (Å²) in [6, 6.07) is 6.21. The largest absolute Gasteiger partial charge is 0.340 e. The van der Waals surface area contributed by atoms with Crippen LogP contribution in [-0.4, -0.2) is 36.0 Å². The van der Waals surface area contributed by atoms with Gasteiger partial charge in [0.15, 0.2) is 0 Å². The molecule has 1 aromatic carbocycles. The molecule has 18 heavy (non-hydrogen) atoms. The van der Waals surface area contributed by atoms with Crippen LogP contribution in [0.25, 0.3) is 0 Å². The van der Waals surface area contributed by atoms with Gasteiger partial charge in [0.25, 0.3) is 0 Å². The first-order valence-corrected chi connectivity index (χ1v) is 5.79. The second kappa shape index (κ2) is 5.56. The van der Waals surface area contributed by atoms with Gasteiger partial charge in [-0.15, -0.1) is 0 Å². The number of halogens is 1. The maximum atomic E-state index is 13.4. The summed E-state index contributed by atoms with van der Waals surface area (Å²) in [6.07, 6.45) is 2.18. The molecule has 0 aliphatic carbocycles. The molecule has 1 aliphatic heterocycles. The SMILES string of the molecule is O=C=NC1CC(=O)N(CCc2ccccc2F)C1. The number of hydrogen-bond donors (Lipinski definition) is 0. The summed E-state index contributed by atoms with van der Waals surface area (Å²) in [5.41, 5.74) is 0.590. The molecule has 1 unspecified atom stereocenters. The van der Waals surface area contributed by atoms with E-state index in [1.807, 2.05) is 0 Å². The van der Waals surface area contributed by atoms with Gasteiger partial charge in [-0.25, -0.2) is 14.2 Å². The highest BCUT2D eigenvalue weighted by molar-refractivity contribution is 5.79. The number of carbonyl (C=O) groups excluding carboxylic acids is 2. The summed E-state index contributed by atoms with van der Waals surface area (Å²) in [5, 5.41) is 0. The van der Waals surface area contributed by atoms with Gasteiger partial charge in [0, 0.05) is 13.1 Å². The third-order valence-corrected chi connectivity index (χ3v) is 3.04. The number of carbonyl (C=O) groups is 1. The molecule has 1 aliphatic rings. The number of nitrogens with zero attached hydrogens (tertiary/aromatic N) is 2. The van der Waals surface area contributed by atoms with Crippen molar-refractivity contribution in [2.45, 2.75) is 18.9 Å². The zero-order valence-electron chi connectivity index (χ0n) is 9.80. The van der Waals surface area contributed by atoms with E-state index in [1.54, 1.807) is 23.1 Å². The molecule has 0 N–H and O–H groups in total. The van der Waals surface area contributed by atoms with Crippen LogP contribution in [-0.2, 0) is 16.0 Å². The van der Waals surface area contributed by atoms with Gasteiger partial charge in [-0.2, -0.15) is 0 Å². The number of amides is 1. The molecule has 0 spiro atoms. The lowest BCUT2D eigenvalue weighted by Crippen LogP contribution is -2.28. The maximum absolute atomic E-state index is 13.4. The smallest absolute Gasteiger partial charge is 0.235 e. The molecule has 5 heteroatoms.